The highest BCUT2D eigenvalue weighted by Gasteiger charge is 2.42. The van der Waals surface area contributed by atoms with E-state index in [9.17, 15) is 19.6 Å². The van der Waals surface area contributed by atoms with Crippen molar-refractivity contribution in [2.24, 2.45) is 0 Å². The lowest BCUT2D eigenvalue weighted by molar-refractivity contribution is -0.0496. The summed E-state index contributed by atoms with van der Waals surface area (Å²) >= 11 is 0. The molecular formula is C21H27N10O8P. The molecular weight excluding hydrogens is 551 g/mol. The highest BCUT2D eigenvalue weighted by molar-refractivity contribution is 7.53. The Bertz CT molecular complexity index is 1660. The number of aliphatic hydroxyl groups excluding tert-OH is 2. The molecule has 1 unspecified atom stereocenters. The minimum Gasteiger partial charge on any atom is -0.394 e. The predicted molar refractivity (Wildman–Crippen MR) is 137 cm³/mol. The van der Waals surface area contributed by atoms with Gasteiger partial charge in [0.05, 0.1) is 38.1 Å². The largest absolute Gasteiger partial charge is 0.394 e. The third kappa shape index (κ3) is 4.83. The summed E-state index contributed by atoms with van der Waals surface area (Å²) in [4.78, 5) is 34.9. The van der Waals surface area contributed by atoms with Crippen LogP contribution in [0.5, 0.6) is 0 Å². The predicted octanol–water partition coefficient (Wildman–Crippen LogP) is -0.723. The number of imidazole rings is 2. The maximum absolute atomic E-state index is 13.3. The van der Waals surface area contributed by atoms with E-state index in [-0.39, 0.29) is 42.4 Å². The van der Waals surface area contributed by atoms with Gasteiger partial charge in [-0.25, -0.2) is 19.9 Å². The lowest BCUT2D eigenvalue weighted by atomic mass is 10.2. The average Bonchev–Trinajstić information content (AvgIpc) is 3.67. The zero-order valence-electron chi connectivity index (χ0n) is 21.1. The van der Waals surface area contributed by atoms with Crippen LogP contribution in [0.3, 0.4) is 0 Å². The Labute approximate surface area is 224 Å². The highest BCUT2D eigenvalue weighted by Crippen LogP contribution is 2.49. The quantitative estimate of drug-likeness (QED) is 0.162. The van der Waals surface area contributed by atoms with Gasteiger partial charge in [0.15, 0.2) is 22.6 Å². The summed E-state index contributed by atoms with van der Waals surface area (Å²) in [6, 6.07) is 0. The van der Waals surface area contributed by atoms with E-state index in [1.54, 1.807) is 4.57 Å². The molecule has 0 spiro atoms. The van der Waals surface area contributed by atoms with Crippen molar-refractivity contribution in [2.75, 3.05) is 31.3 Å². The van der Waals surface area contributed by atoms with Crippen LogP contribution in [0.4, 0.5) is 11.8 Å². The zero-order valence-corrected chi connectivity index (χ0v) is 22.0. The third-order valence-corrected chi connectivity index (χ3v) is 8.09. The van der Waals surface area contributed by atoms with Gasteiger partial charge in [0.25, 0.3) is 5.56 Å². The number of nitrogens with zero attached hydrogens (tertiary/aromatic N) is 7. The molecule has 18 nitrogen and oxygen atoms in total. The van der Waals surface area contributed by atoms with Crippen LogP contribution in [0.25, 0.3) is 22.3 Å². The van der Waals surface area contributed by atoms with Gasteiger partial charge < -0.3 is 40.2 Å². The molecule has 0 aliphatic carbocycles. The van der Waals surface area contributed by atoms with E-state index in [1.165, 1.54) is 30.2 Å². The lowest BCUT2D eigenvalue weighted by Crippen LogP contribution is -2.29. The van der Waals surface area contributed by atoms with E-state index < -0.39 is 56.6 Å². The van der Waals surface area contributed by atoms with Gasteiger partial charge in [0.1, 0.15) is 36.5 Å². The summed E-state index contributed by atoms with van der Waals surface area (Å²) in [5, 5.41) is 20.5. The van der Waals surface area contributed by atoms with Crippen LogP contribution >= 0.6 is 7.60 Å². The number of nitrogen functional groups attached to an aromatic ring is 2. The van der Waals surface area contributed by atoms with E-state index in [2.05, 4.69) is 29.9 Å². The topological polar surface area (TPSA) is 254 Å². The summed E-state index contributed by atoms with van der Waals surface area (Å²) < 4.78 is 39.6. The van der Waals surface area contributed by atoms with Gasteiger partial charge in [-0.2, -0.15) is 4.98 Å². The Balaban J connectivity index is 1.10. The molecule has 7 N–H and O–H groups in total. The summed E-state index contributed by atoms with van der Waals surface area (Å²) in [5.41, 5.74) is 12.1. The third-order valence-electron chi connectivity index (χ3n) is 6.82. The SMILES string of the molecule is CP(=O)(OC[C@H]1O[C@@H](n2cnc3c(=O)[nH]c(N)nc32)C[C@@H]1O)O[C@H]1C[C@H](n2cnc3c(N)ncnc32)O[C@@H]1CO. The van der Waals surface area contributed by atoms with Crippen LogP contribution in [0.1, 0.15) is 25.3 Å². The molecule has 0 aromatic carbocycles. The first-order chi connectivity index (χ1) is 19.1. The molecule has 40 heavy (non-hydrogen) atoms. The Morgan fingerprint density at radius 3 is 2.55 bits per heavy atom. The Kier molecular flexibility index (Phi) is 6.78. The summed E-state index contributed by atoms with van der Waals surface area (Å²) in [5.74, 6) is 0.133. The Morgan fingerprint density at radius 1 is 1.07 bits per heavy atom. The number of hydrogen-bond donors (Lipinski definition) is 5. The summed E-state index contributed by atoms with van der Waals surface area (Å²) in [7, 11) is -3.71. The van der Waals surface area contributed by atoms with Gasteiger partial charge in [0, 0.05) is 19.5 Å². The fourth-order valence-corrected chi connectivity index (χ4v) is 6.09. The van der Waals surface area contributed by atoms with E-state index in [0.29, 0.717) is 11.2 Å². The van der Waals surface area contributed by atoms with Crippen molar-refractivity contribution < 1.29 is 33.3 Å². The van der Waals surface area contributed by atoms with E-state index in [0.717, 1.165) is 0 Å². The van der Waals surface area contributed by atoms with Gasteiger partial charge in [-0.05, 0) is 0 Å². The van der Waals surface area contributed by atoms with Gasteiger partial charge in [0.2, 0.25) is 5.95 Å². The van der Waals surface area contributed by atoms with Crippen molar-refractivity contribution in [1.82, 2.24) is 39.0 Å². The van der Waals surface area contributed by atoms with Gasteiger partial charge in [-0.3, -0.25) is 23.5 Å². The monoisotopic (exact) mass is 578 g/mol. The van der Waals surface area contributed by atoms with Gasteiger partial charge in [-0.1, -0.05) is 0 Å². The Hall–Kier alpha value is -3.51. The number of fused-ring (bicyclic) bond motifs is 2. The van der Waals surface area contributed by atoms with Crippen LogP contribution in [-0.2, 0) is 23.1 Å². The number of nitrogens with one attached hydrogen (secondary N) is 1. The van der Waals surface area contributed by atoms with Crippen molar-refractivity contribution >= 4 is 41.7 Å². The minimum absolute atomic E-state index is 0.0774. The number of anilines is 2. The number of H-pyrrole nitrogens is 1. The molecule has 2 saturated heterocycles. The number of rotatable bonds is 8. The molecule has 6 heterocycles. The van der Waals surface area contributed by atoms with E-state index >= 15 is 0 Å². The average molecular weight is 578 g/mol. The zero-order chi connectivity index (χ0) is 28.2. The van der Waals surface area contributed by atoms with Crippen LogP contribution in [0.15, 0.2) is 23.8 Å². The first kappa shape index (κ1) is 26.7. The van der Waals surface area contributed by atoms with Crippen molar-refractivity contribution in [3.05, 3.63) is 29.3 Å². The van der Waals surface area contributed by atoms with Crippen molar-refractivity contribution in [3.63, 3.8) is 0 Å². The molecule has 4 aromatic heterocycles. The van der Waals surface area contributed by atoms with Crippen molar-refractivity contribution in [3.8, 4) is 0 Å². The van der Waals surface area contributed by atoms with Crippen LogP contribution < -0.4 is 17.0 Å². The molecule has 4 aromatic rings. The fourth-order valence-electron chi connectivity index (χ4n) is 4.90. The molecule has 0 saturated carbocycles. The van der Waals surface area contributed by atoms with Crippen LogP contribution in [0.2, 0.25) is 0 Å². The molecule has 2 fully saturated rings. The number of hydrogen-bond acceptors (Lipinski definition) is 15. The number of ether oxygens (including phenoxy) is 2. The number of nitrogens with two attached hydrogens (primary N) is 2. The van der Waals surface area contributed by atoms with E-state index in [1.807, 2.05) is 0 Å². The lowest BCUT2D eigenvalue weighted by Gasteiger charge is -2.23. The number of aliphatic hydroxyl groups is 2. The standard InChI is InChI=1S/C21H27N10O8P/c1-40(35,39-10-3-14(37-11(10)4-32)30-7-26-15-17(22)24-6-25-18(15)30)36-5-12-9(33)2-13(38-12)31-8-27-16-19(31)28-21(23)29-20(16)34/h6-14,32-33H,2-5H2,1H3,(H2,22,24,25)(H3,23,28,29,34)/t9-,10-,11+,12+,13+,14+,40?/m0/s1. The summed E-state index contributed by atoms with van der Waals surface area (Å²) in [6.07, 6.45) is -0.222. The van der Waals surface area contributed by atoms with Crippen LogP contribution in [0, 0.1) is 0 Å². The van der Waals surface area contributed by atoms with Gasteiger partial charge >= 0.3 is 7.60 Å². The maximum Gasteiger partial charge on any atom is 0.328 e. The molecule has 214 valence electrons. The van der Waals surface area contributed by atoms with E-state index in [4.69, 9.17) is 30.0 Å². The molecule has 0 amide bonds. The van der Waals surface area contributed by atoms with Crippen LogP contribution in [-0.4, -0.2) is 93.5 Å². The first-order valence-corrected chi connectivity index (χ1v) is 14.3. The molecule has 2 aliphatic heterocycles. The van der Waals surface area contributed by atoms with Gasteiger partial charge in [-0.15, -0.1) is 0 Å². The number of aromatic nitrogens is 8. The Morgan fingerprint density at radius 2 is 1.77 bits per heavy atom. The van der Waals surface area contributed by atoms with Crippen molar-refractivity contribution in [2.45, 2.75) is 49.7 Å². The second kappa shape index (κ2) is 10.2. The highest BCUT2D eigenvalue weighted by atomic mass is 31.2. The first-order valence-electron chi connectivity index (χ1n) is 12.3. The number of aromatic amines is 1. The maximum atomic E-state index is 13.3. The smallest absolute Gasteiger partial charge is 0.328 e. The van der Waals surface area contributed by atoms with Crippen molar-refractivity contribution in [1.29, 1.82) is 0 Å². The molecule has 19 heteroatoms. The minimum atomic E-state index is -3.71. The fraction of sp³-hybridized carbons (Fsp3) is 0.524. The second-order valence-electron chi connectivity index (χ2n) is 9.55. The normalized spacial score (nSPS) is 28.5. The molecule has 7 atom stereocenters. The molecule has 0 radical (unpaired) electrons. The molecule has 2 aliphatic rings. The molecule has 6 rings (SSSR count). The summed E-state index contributed by atoms with van der Waals surface area (Å²) in [6.45, 7) is 0.644. The molecule has 0 bridgehead atoms. The second-order valence-corrected chi connectivity index (χ2v) is 11.6.